The Labute approximate surface area is 94.3 Å². The van der Waals surface area contributed by atoms with Crippen LogP contribution in [0.1, 0.15) is 24.5 Å². The third kappa shape index (κ3) is 1.20. The van der Waals surface area contributed by atoms with Crippen LogP contribution in [0.5, 0.6) is 0 Å². The van der Waals surface area contributed by atoms with Crippen molar-refractivity contribution in [3.8, 4) is 6.07 Å². The monoisotopic (exact) mass is 215 g/mol. The Kier molecular flexibility index (Phi) is 2.32. The van der Waals surface area contributed by atoms with Crippen molar-refractivity contribution >= 4 is 6.29 Å². The first kappa shape index (κ1) is 10.8. The second-order valence-electron chi connectivity index (χ2n) is 4.44. The van der Waals surface area contributed by atoms with Gasteiger partial charge in [-0.1, -0.05) is 24.3 Å². The fourth-order valence-corrected chi connectivity index (χ4v) is 2.47. The summed E-state index contributed by atoms with van der Waals surface area (Å²) in [6.07, 6.45) is 1.70. The molecule has 2 rings (SSSR count). The van der Waals surface area contributed by atoms with E-state index in [-0.39, 0.29) is 0 Å². The maximum absolute atomic E-state index is 11.0. The number of nitrogens with zero attached hydrogens (tertiary/aromatic N) is 1. The molecule has 0 fully saturated rings. The minimum atomic E-state index is -1.63. The van der Waals surface area contributed by atoms with E-state index in [4.69, 9.17) is 0 Å². The van der Waals surface area contributed by atoms with Crippen LogP contribution in [-0.2, 0) is 16.6 Å². The highest BCUT2D eigenvalue weighted by molar-refractivity contribution is 5.69. The Morgan fingerprint density at radius 3 is 2.88 bits per heavy atom. The largest absolute Gasteiger partial charge is 0.381 e. The van der Waals surface area contributed by atoms with Crippen LogP contribution >= 0.6 is 0 Å². The van der Waals surface area contributed by atoms with Gasteiger partial charge in [-0.2, -0.15) is 5.26 Å². The predicted molar refractivity (Wildman–Crippen MR) is 58.7 cm³/mol. The average molecular weight is 215 g/mol. The van der Waals surface area contributed by atoms with Crippen molar-refractivity contribution in [2.24, 2.45) is 0 Å². The fraction of sp³-hybridized carbons (Fsp3) is 0.385. The van der Waals surface area contributed by atoms with Gasteiger partial charge in [-0.3, -0.25) is 0 Å². The van der Waals surface area contributed by atoms with Crippen LogP contribution < -0.4 is 0 Å². The summed E-state index contributed by atoms with van der Waals surface area (Å²) < 4.78 is 0. The van der Waals surface area contributed by atoms with Crippen LogP contribution in [0.2, 0.25) is 0 Å². The van der Waals surface area contributed by atoms with E-state index in [2.05, 4.69) is 6.07 Å². The van der Waals surface area contributed by atoms with Crippen molar-refractivity contribution in [2.45, 2.75) is 30.8 Å². The summed E-state index contributed by atoms with van der Waals surface area (Å²) in [5.41, 5.74) is -0.888. The Bertz CT molecular complexity index is 473. The molecule has 0 radical (unpaired) electrons. The van der Waals surface area contributed by atoms with E-state index < -0.39 is 11.0 Å². The van der Waals surface area contributed by atoms with E-state index in [1.807, 2.05) is 24.3 Å². The molecule has 0 amide bonds. The molecule has 1 aliphatic carbocycles. The topological polar surface area (TPSA) is 61.1 Å². The molecule has 0 saturated carbocycles. The van der Waals surface area contributed by atoms with Gasteiger partial charge < -0.3 is 9.90 Å². The Morgan fingerprint density at radius 2 is 2.25 bits per heavy atom. The number of rotatable bonds is 2. The third-order valence-electron chi connectivity index (χ3n) is 3.53. The molecule has 3 nitrogen and oxygen atoms in total. The zero-order valence-electron chi connectivity index (χ0n) is 9.10. The van der Waals surface area contributed by atoms with Gasteiger partial charge in [0.1, 0.15) is 11.0 Å². The number of hydrogen-bond donors (Lipinski definition) is 1. The molecule has 0 heterocycles. The molecule has 0 aliphatic heterocycles. The van der Waals surface area contributed by atoms with E-state index in [1.54, 1.807) is 0 Å². The van der Waals surface area contributed by atoms with Crippen LogP contribution in [-0.4, -0.2) is 17.0 Å². The second-order valence-corrected chi connectivity index (χ2v) is 4.44. The molecule has 16 heavy (non-hydrogen) atoms. The number of aldehydes is 1. The number of benzene rings is 1. The molecule has 1 N–H and O–H groups in total. The lowest BCUT2D eigenvalue weighted by Gasteiger charge is -2.33. The Hall–Kier alpha value is -1.66. The smallest absolute Gasteiger partial charge is 0.153 e. The van der Waals surface area contributed by atoms with Crippen molar-refractivity contribution in [1.82, 2.24) is 0 Å². The molecule has 1 aromatic rings. The molecule has 1 aliphatic rings. The van der Waals surface area contributed by atoms with Gasteiger partial charge in [-0.15, -0.1) is 0 Å². The van der Waals surface area contributed by atoms with E-state index >= 15 is 0 Å². The van der Waals surface area contributed by atoms with Gasteiger partial charge in [-0.25, -0.2) is 0 Å². The summed E-state index contributed by atoms with van der Waals surface area (Å²) in [4.78, 5) is 11.0. The molecule has 0 aromatic heterocycles. The maximum Gasteiger partial charge on any atom is 0.153 e. The summed E-state index contributed by atoms with van der Waals surface area (Å²) in [6.45, 7) is 1.41. The van der Waals surface area contributed by atoms with Gasteiger partial charge >= 0.3 is 0 Å². The molecule has 2 unspecified atom stereocenters. The third-order valence-corrected chi connectivity index (χ3v) is 3.53. The molecule has 0 spiro atoms. The maximum atomic E-state index is 11.0. The second kappa shape index (κ2) is 3.43. The Balaban J connectivity index is 2.64. The molecule has 2 atom stereocenters. The van der Waals surface area contributed by atoms with E-state index in [9.17, 15) is 15.2 Å². The van der Waals surface area contributed by atoms with Crippen molar-refractivity contribution in [3.63, 3.8) is 0 Å². The molecule has 3 heteroatoms. The zero-order chi connectivity index (χ0) is 11.8. The van der Waals surface area contributed by atoms with Gasteiger partial charge in [0.2, 0.25) is 0 Å². The van der Waals surface area contributed by atoms with Crippen LogP contribution in [0.3, 0.4) is 0 Å². The van der Waals surface area contributed by atoms with Gasteiger partial charge in [0.25, 0.3) is 0 Å². The van der Waals surface area contributed by atoms with E-state index in [1.165, 1.54) is 6.92 Å². The first-order valence-corrected chi connectivity index (χ1v) is 5.26. The van der Waals surface area contributed by atoms with Crippen molar-refractivity contribution in [1.29, 1.82) is 5.26 Å². The van der Waals surface area contributed by atoms with Crippen LogP contribution in [0.25, 0.3) is 0 Å². The number of carbonyl (C=O) groups is 1. The molecule has 82 valence electrons. The van der Waals surface area contributed by atoms with Gasteiger partial charge in [-0.05, 0) is 30.9 Å². The normalized spacial score (nSPS) is 26.6. The van der Waals surface area contributed by atoms with E-state index in [0.29, 0.717) is 12.7 Å². The summed E-state index contributed by atoms with van der Waals surface area (Å²) >= 11 is 0. The van der Waals surface area contributed by atoms with Crippen LogP contribution in [0.4, 0.5) is 0 Å². The number of nitriles is 1. The van der Waals surface area contributed by atoms with Crippen LogP contribution in [0.15, 0.2) is 24.3 Å². The quantitative estimate of drug-likeness (QED) is 0.757. The molecule has 1 aromatic carbocycles. The highest BCUT2D eigenvalue weighted by Gasteiger charge is 2.52. The number of fused-ring (bicyclic) bond motifs is 1. The van der Waals surface area contributed by atoms with Crippen molar-refractivity contribution < 1.29 is 9.90 Å². The minimum Gasteiger partial charge on any atom is -0.381 e. The standard InChI is InChI=1S/C13H13NO2/c1-12(16,9-15)13(8-14)7-6-10-4-2-3-5-11(10)13/h2-5,9,16H,6-7H2,1H3. The number of aryl methyl sites for hydroxylation is 1. The predicted octanol–water partition coefficient (Wildman–Crippen LogP) is 1.34. The van der Waals surface area contributed by atoms with E-state index in [0.717, 1.165) is 17.5 Å². The Morgan fingerprint density at radius 1 is 1.56 bits per heavy atom. The highest BCUT2D eigenvalue weighted by Crippen LogP contribution is 2.45. The number of aliphatic hydroxyl groups is 1. The fourth-order valence-electron chi connectivity index (χ4n) is 2.47. The number of hydrogen-bond acceptors (Lipinski definition) is 3. The summed E-state index contributed by atoms with van der Waals surface area (Å²) in [5.74, 6) is 0. The van der Waals surface area contributed by atoms with Gasteiger partial charge in [0, 0.05) is 0 Å². The lowest BCUT2D eigenvalue weighted by atomic mass is 9.70. The van der Waals surface area contributed by atoms with Crippen molar-refractivity contribution in [3.05, 3.63) is 35.4 Å². The van der Waals surface area contributed by atoms with Gasteiger partial charge in [0.15, 0.2) is 6.29 Å². The molecule has 0 saturated heterocycles. The number of carbonyl (C=O) groups excluding carboxylic acids is 1. The van der Waals surface area contributed by atoms with Gasteiger partial charge in [0.05, 0.1) is 6.07 Å². The summed E-state index contributed by atoms with van der Waals surface area (Å²) in [7, 11) is 0. The minimum absolute atomic E-state index is 0.471. The lowest BCUT2D eigenvalue weighted by molar-refractivity contribution is -0.127. The molecule has 0 bridgehead atoms. The molecular formula is C13H13NO2. The average Bonchev–Trinajstić information content (AvgIpc) is 2.69. The van der Waals surface area contributed by atoms with Crippen molar-refractivity contribution in [2.75, 3.05) is 0 Å². The lowest BCUT2D eigenvalue weighted by Crippen LogP contribution is -2.48. The SMILES string of the molecule is CC(O)(C=O)C1(C#N)CCc2ccccc21. The summed E-state index contributed by atoms with van der Waals surface area (Å²) in [6, 6.07) is 9.64. The molecular weight excluding hydrogens is 202 g/mol. The first-order valence-electron chi connectivity index (χ1n) is 5.26. The summed E-state index contributed by atoms with van der Waals surface area (Å²) in [5, 5.41) is 19.5. The highest BCUT2D eigenvalue weighted by atomic mass is 16.3. The van der Waals surface area contributed by atoms with Crippen LogP contribution in [0, 0.1) is 11.3 Å². The zero-order valence-corrected chi connectivity index (χ0v) is 9.10. The first-order chi connectivity index (χ1) is 7.57.